The molecule has 0 aliphatic rings. The molecular formula is C15H24BrNO. The second kappa shape index (κ2) is 7.80. The average molecular weight is 314 g/mol. The molecule has 102 valence electrons. The minimum Gasteiger partial charge on any atom is -0.494 e. The van der Waals surface area contributed by atoms with Crippen molar-refractivity contribution < 1.29 is 4.74 Å². The zero-order valence-corrected chi connectivity index (χ0v) is 13.4. The summed E-state index contributed by atoms with van der Waals surface area (Å²) in [6, 6.07) is 6.67. The van der Waals surface area contributed by atoms with E-state index in [0.29, 0.717) is 12.0 Å². The number of ether oxygens (including phenoxy) is 1. The van der Waals surface area contributed by atoms with E-state index < -0.39 is 0 Å². The van der Waals surface area contributed by atoms with Crippen molar-refractivity contribution in [1.29, 1.82) is 0 Å². The predicted molar refractivity (Wildman–Crippen MR) is 81.1 cm³/mol. The van der Waals surface area contributed by atoms with E-state index in [9.17, 15) is 0 Å². The van der Waals surface area contributed by atoms with Crippen molar-refractivity contribution in [2.75, 3.05) is 6.61 Å². The van der Waals surface area contributed by atoms with Crippen LogP contribution in [0.15, 0.2) is 22.7 Å². The van der Waals surface area contributed by atoms with Crippen LogP contribution in [0.5, 0.6) is 5.75 Å². The molecule has 0 aliphatic heterocycles. The lowest BCUT2D eigenvalue weighted by Crippen LogP contribution is -2.22. The van der Waals surface area contributed by atoms with Gasteiger partial charge in [-0.25, -0.2) is 0 Å². The molecule has 0 amide bonds. The Kier molecular flexibility index (Phi) is 6.72. The molecule has 1 rings (SSSR count). The Labute approximate surface area is 119 Å². The molecule has 0 heterocycles. The molecule has 1 aromatic carbocycles. The summed E-state index contributed by atoms with van der Waals surface area (Å²) in [7, 11) is 0. The fourth-order valence-corrected chi connectivity index (χ4v) is 1.89. The number of benzene rings is 1. The van der Waals surface area contributed by atoms with E-state index in [4.69, 9.17) is 4.74 Å². The normalized spacial score (nSPS) is 11.3. The molecule has 0 unspecified atom stereocenters. The van der Waals surface area contributed by atoms with Crippen LogP contribution in [0.3, 0.4) is 0 Å². The van der Waals surface area contributed by atoms with Gasteiger partial charge in [-0.1, -0.05) is 43.6 Å². The highest BCUT2D eigenvalue weighted by Crippen LogP contribution is 2.23. The molecule has 0 spiro atoms. The molecule has 0 saturated heterocycles. The zero-order valence-electron chi connectivity index (χ0n) is 11.8. The van der Waals surface area contributed by atoms with Gasteiger partial charge in [0.2, 0.25) is 0 Å². The quantitative estimate of drug-likeness (QED) is 0.807. The maximum Gasteiger partial charge on any atom is 0.119 e. The van der Waals surface area contributed by atoms with Crippen LogP contribution in [0.25, 0.3) is 0 Å². The van der Waals surface area contributed by atoms with Crippen molar-refractivity contribution in [1.82, 2.24) is 5.32 Å². The van der Waals surface area contributed by atoms with Gasteiger partial charge in [-0.15, -0.1) is 0 Å². The monoisotopic (exact) mass is 313 g/mol. The summed E-state index contributed by atoms with van der Waals surface area (Å²) in [4.78, 5) is 0. The second-order valence-corrected chi connectivity index (χ2v) is 6.17. The van der Waals surface area contributed by atoms with Gasteiger partial charge in [0.1, 0.15) is 5.75 Å². The first-order chi connectivity index (χ1) is 8.49. The Morgan fingerprint density at radius 2 is 1.94 bits per heavy atom. The van der Waals surface area contributed by atoms with Gasteiger partial charge in [0.25, 0.3) is 0 Å². The van der Waals surface area contributed by atoms with E-state index in [0.717, 1.165) is 29.8 Å². The second-order valence-electron chi connectivity index (χ2n) is 5.32. The van der Waals surface area contributed by atoms with E-state index in [1.54, 1.807) is 0 Å². The van der Waals surface area contributed by atoms with E-state index in [-0.39, 0.29) is 0 Å². The molecular weight excluding hydrogens is 290 g/mol. The van der Waals surface area contributed by atoms with Crippen LogP contribution in [-0.4, -0.2) is 12.6 Å². The third kappa shape index (κ3) is 5.87. The minimum absolute atomic E-state index is 0.488. The van der Waals surface area contributed by atoms with Crippen LogP contribution >= 0.6 is 15.9 Å². The minimum atomic E-state index is 0.488. The van der Waals surface area contributed by atoms with Crippen LogP contribution in [0.2, 0.25) is 0 Å². The number of halogens is 1. The smallest absolute Gasteiger partial charge is 0.119 e. The lowest BCUT2D eigenvalue weighted by Gasteiger charge is -2.13. The van der Waals surface area contributed by atoms with Gasteiger partial charge < -0.3 is 10.1 Å². The van der Waals surface area contributed by atoms with Crippen LogP contribution in [-0.2, 0) is 6.54 Å². The molecule has 0 atom stereocenters. The van der Waals surface area contributed by atoms with Crippen molar-refractivity contribution in [2.24, 2.45) is 5.92 Å². The molecule has 0 radical (unpaired) electrons. The molecule has 1 aromatic rings. The molecule has 0 aliphatic carbocycles. The Morgan fingerprint density at radius 3 is 2.56 bits per heavy atom. The lowest BCUT2D eigenvalue weighted by atomic mass is 10.1. The van der Waals surface area contributed by atoms with Gasteiger partial charge >= 0.3 is 0 Å². The van der Waals surface area contributed by atoms with Gasteiger partial charge in [0, 0.05) is 17.1 Å². The SMILES string of the molecule is CC(C)CCOc1ccc(Br)c(CNC(C)C)c1. The fourth-order valence-electron chi connectivity index (χ4n) is 1.50. The summed E-state index contributed by atoms with van der Waals surface area (Å²) in [5, 5.41) is 3.42. The highest BCUT2D eigenvalue weighted by atomic mass is 79.9. The molecule has 1 N–H and O–H groups in total. The first kappa shape index (κ1) is 15.5. The van der Waals surface area contributed by atoms with Crippen molar-refractivity contribution >= 4 is 15.9 Å². The van der Waals surface area contributed by atoms with E-state index in [2.05, 4.69) is 61.1 Å². The molecule has 18 heavy (non-hydrogen) atoms. The van der Waals surface area contributed by atoms with Gasteiger partial charge in [0.15, 0.2) is 0 Å². The Bertz CT molecular complexity index is 364. The van der Waals surface area contributed by atoms with Crippen LogP contribution in [0, 0.1) is 5.92 Å². The van der Waals surface area contributed by atoms with Crippen molar-refractivity contribution in [3.05, 3.63) is 28.2 Å². The average Bonchev–Trinajstić information content (AvgIpc) is 2.29. The van der Waals surface area contributed by atoms with E-state index in [1.807, 2.05) is 6.07 Å². The first-order valence-electron chi connectivity index (χ1n) is 6.63. The summed E-state index contributed by atoms with van der Waals surface area (Å²) >= 11 is 3.58. The predicted octanol–water partition coefficient (Wildman–Crippen LogP) is 4.37. The van der Waals surface area contributed by atoms with Crippen LogP contribution in [0.1, 0.15) is 39.7 Å². The summed E-state index contributed by atoms with van der Waals surface area (Å²) < 4.78 is 6.90. The fraction of sp³-hybridized carbons (Fsp3) is 0.600. The topological polar surface area (TPSA) is 21.3 Å². The molecule has 2 nitrogen and oxygen atoms in total. The van der Waals surface area contributed by atoms with Gasteiger partial charge in [-0.05, 0) is 36.1 Å². The van der Waals surface area contributed by atoms with E-state index in [1.165, 1.54) is 5.56 Å². The summed E-state index contributed by atoms with van der Waals surface area (Å²) in [6.07, 6.45) is 1.09. The first-order valence-corrected chi connectivity index (χ1v) is 7.43. The number of hydrogen-bond donors (Lipinski definition) is 1. The van der Waals surface area contributed by atoms with Crippen molar-refractivity contribution in [2.45, 2.75) is 46.7 Å². The van der Waals surface area contributed by atoms with Gasteiger partial charge in [-0.2, -0.15) is 0 Å². The summed E-state index contributed by atoms with van der Waals surface area (Å²) in [5.41, 5.74) is 1.24. The number of nitrogens with one attached hydrogen (secondary N) is 1. The van der Waals surface area contributed by atoms with Gasteiger partial charge in [0.05, 0.1) is 6.61 Å². The lowest BCUT2D eigenvalue weighted by molar-refractivity contribution is 0.289. The van der Waals surface area contributed by atoms with Crippen molar-refractivity contribution in [3.63, 3.8) is 0 Å². The van der Waals surface area contributed by atoms with Crippen LogP contribution in [0.4, 0.5) is 0 Å². The number of hydrogen-bond acceptors (Lipinski definition) is 2. The largest absolute Gasteiger partial charge is 0.494 e. The maximum atomic E-state index is 5.77. The number of rotatable bonds is 7. The van der Waals surface area contributed by atoms with E-state index >= 15 is 0 Å². The van der Waals surface area contributed by atoms with Crippen LogP contribution < -0.4 is 10.1 Å². The highest BCUT2D eigenvalue weighted by Gasteiger charge is 2.04. The standard InChI is InChI=1S/C15H24BrNO/c1-11(2)7-8-18-14-5-6-15(16)13(9-14)10-17-12(3)4/h5-6,9,11-12,17H,7-8,10H2,1-4H3. The highest BCUT2D eigenvalue weighted by molar-refractivity contribution is 9.10. The molecule has 0 fully saturated rings. The van der Waals surface area contributed by atoms with Gasteiger partial charge in [-0.3, -0.25) is 0 Å². The molecule has 3 heteroatoms. The Balaban J connectivity index is 2.56. The molecule has 0 saturated carbocycles. The maximum absolute atomic E-state index is 5.77. The Hall–Kier alpha value is -0.540. The third-order valence-electron chi connectivity index (χ3n) is 2.68. The summed E-state index contributed by atoms with van der Waals surface area (Å²) in [5.74, 6) is 1.64. The zero-order chi connectivity index (χ0) is 13.5. The third-order valence-corrected chi connectivity index (χ3v) is 3.46. The molecule has 0 bridgehead atoms. The Morgan fingerprint density at radius 1 is 1.22 bits per heavy atom. The van der Waals surface area contributed by atoms with Crippen molar-refractivity contribution in [3.8, 4) is 5.75 Å². The summed E-state index contributed by atoms with van der Waals surface area (Å²) in [6.45, 7) is 10.4. The molecule has 0 aromatic heterocycles.